The van der Waals surface area contributed by atoms with Crippen LogP contribution >= 0.6 is 143 Å². The molecule has 24 nitrogen and oxygen atoms in total. The number of primary amides is 1. The maximum Gasteiger partial charge on any atom is 0.417 e. The molecule has 0 aliphatic carbocycles. The average Bonchev–Trinajstić information content (AvgIpc) is 1.68. The highest BCUT2D eigenvalue weighted by atomic mass is 79.9. The molecule has 0 radical (unpaired) electrons. The largest absolute Gasteiger partial charge is 0.481 e. The van der Waals surface area contributed by atoms with Gasteiger partial charge in [0.2, 0.25) is 12.3 Å². The number of fused-ring (bicyclic) bond motifs is 4. The number of carboxylic acid groups (broad SMARTS) is 1. The van der Waals surface area contributed by atoms with Gasteiger partial charge in [0.15, 0.2) is 0 Å². The van der Waals surface area contributed by atoms with Gasteiger partial charge in [-0.25, -0.2) is 42.3 Å². The number of aromatic nitrogens is 8. The molecule has 0 atom stereocenters. The fourth-order valence-corrected chi connectivity index (χ4v) is 18.6. The van der Waals surface area contributed by atoms with Gasteiger partial charge >= 0.3 is 36.6 Å². The van der Waals surface area contributed by atoms with E-state index in [-0.39, 0.29) is 148 Å². The van der Waals surface area contributed by atoms with Crippen molar-refractivity contribution in [1.29, 1.82) is 0 Å². The Morgan fingerprint density at radius 1 is 0.504 bits per heavy atom. The lowest BCUT2D eigenvalue weighted by molar-refractivity contribution is -0.165. The van der Waals surface area contributed by atoms with Crippen molar-refractivity contribution in [1.82, 2.24) is 48.8 Å². The average molecular weight is 2230 g/mol. The number of nitrogen functional groups attached to an aromatic ring is 1. The normalized spacial score (nSPS) is 12.9. The predicted octanol–water partition coefficient (Wildman–Crippen LogP) is 23.3. The Labute approximate surface area is 834 Å². The fraction of sp³-hybridized carbons (Fsp3) is 0.264. The molecule has 0 spiro atoms. The second kappa shape index (κ2) is 48.6. The smallest absolute Gasteiger partial charge is 0.417 e. The van der Waals surface area contributed by atoms with Crippen LogP contribution < -0.4 is 39.0 Å². The summed E-state index contributed by atoms with van der Waals surface area (Å²) in [6.45, 7) is 5.45. The Hall–Kier alpha value is -10.8. The number of rotatable bonds is 18. The zero-order valence-electron chi connectivity index (χ0n) is 71.6. The van der Waals surface area contributed by atoms with Crippen LogP contribution in [-0.4, -0.2) is 134 Å². The number of likely N-dealkylation sites (tertiary alicyclic amines) is 1. The van der Waals surface area contributed by atoms with Gasteiger partial charge in [0.1, 0.15) is 41.5 Å². The standard InChI is InChI=1S/C19H13ClF5N3O2S.C17H12ClF3N2O2S.C16H10ClF3N2O3S.C14H14ClNO2S.C13H6ClF3N2OS.C4H7BrO.C3H5F2N.CH3NO.ClH/c20-13-2-1-10(5-12(13)19(23,24)25)11-6-31-16-15(11)17(30)27(9-26-16)4-3-14(29)28-7-18(21,22)8-28;1-9(24)4-5-23-8-22-15-14(16(23)25)11(7-26-15)10-2-3-13(18)12(6-10)17(19,20)21;17-11-2-1-8(5-10(11)16(18,19)20)9-6-26-14-13(9)15(25)22(7-21-14)4-3-12(23)24;1-3-18-14(17)12-10(7-19-13(12)16)9-4-5-11(15)8(2)6-9;14-9-2-1-6(3-8(9)13(15,16)17)7-4-21-12-10(7)11(20)18-5-19-12;1-4(6)2-3-5;4-3(5)1-6-2-3;2-1-3;/h1-2,5-6,9H,3-4,7-8H2;2-3,6-8H,4-5H2,1H3;1-2,5-7H,3-4H2,(H,23,24);4-7H,3,16H2,1-2H3;1-5H,(H,18,19,20);2-3H2,1H3;6H,1-2H2;1H,(H2,2,3);1H. The molecule has 0 bridgehead atoms. The third-order valence-electron chi connectivity index (χ3n) is 19.4. The number of carboxylic acids is 1. The highest BCUT2D eigenvalue weighted by molar-refractivity contribution is 9.09. The molecule has 2 aliphatic rings. The highest BCUT2D eigenvalue weighted by Crippen LogP contribution is 2.46. The number of benzene rings is 5. The minimum atomic E-state index is -4.66. The maximum atomic E-state index is 13.2. The summed E-state index contributed by atoms with van der Waals surface area (Å²) in [6.07, 6.45) is -12.8. The first-order valence-corrected chi connectivity index (χ1v) is 46.8. The summed E-state index contributed by atoms with van der Waals surface area (Å²) in [6, 6.07) is 19.5. The molecule has 14 aromatic rings. The number of halogens is 23. The lowest BCUT2D eigenvalue weighted by atomic mass is 10.0. The molecule has 2 fully saturated rings. The molecular weight excluding hydrogens is 2160 g/mol. The third kappa shape index (κ3) is 29.7. The van der Waals surface area contributed by atoms with E-state index < -0.39 is 116 Å². The topological polar surface area (TPSA) is 350 Å². The first-order chi connectivity index (χ1) is 64.6. The van der Waals surface area contributed by atoms with Crippen molar-refractivity contribution in [3.05, 3.63) is 243 Å². The van der Waals surface area contributed by atoms with E-state index >= 15 is 0 Å². The number of aromatic amines is 1. The van der Waals surface area contributed by atoms with Gasteiger partial charge in [0.05, 0.1) is 128 Å². The molecular formula is C87H71BrCl6F16N12O12S5. The SMILES string of the molecule is CC(=O)CCBr.CC(=O)CCn1cnc2scc(-c3ccc(Cl)c(C(F)(F)F)c3)c2c1=O.CCOC(=O)c1c(-c2ccc(Cl)c(C)c2)csc1N.Cl.FC1(F)CNC1.NC=O.O=C(CCn1cnc2scc(-c3ccc(Cl)c(C(F)(F)F)c3)c2c1=O)N1CC(F)(F)C1.O=C(O)CCn1cnc2scc(-c3ccc(Cl)c(C(F)(F)F)c3)c2c1=O.O=c1[nH]cnc2scc(-c3ccc(Cl)c(C(F)(F)F)c3)c12. The number of Topliss-reactive ketones (excluding diaryl/α,β-unsaturated/α-hetero) is 2. The number of hydrogen-bond donors (Lipinski definition) is 5. The second-order valence-corrected chi connectivity index (χ2v) is 36.5. The number of esters is 1. The molecule has 9 aromatic heterocycles. The quantitative estimate of drug-likeness (QED) is 0.0230. The van der Waals surface area contributed by atoms with Gasteiger partial charge in [-0.1, -0.05) is 104 Å². The molecule has 2 saturated heterocycles. The lowest BCUT2D eigenvalue weighted by Crippen LogP contribution is -2.58. The number of carbonyl (C=O) groups is 6. The van der Waals surface area contributed by atoms with Crippen molar-refractivity contribution in [2.75, 3.05) is 43.8 Å². The number of nitrogens with one attached hydrogen (secondary N) is 2. The van der Waals surface area contributed by atoms with Crippen LogP contribution in [0.2, 0.25) is 25.1 Å². The second-order valence-electron chi connectivity index (χ2n) is 29.3. The fourth-order valence-electron chi connectivity index (χ4n) is 12.6. The van der Waals surface area contributed by atoms with Gasteiger partial charge in [-0.3, -0.25) is 56.9 Å². The van der Waals surface area contributed by atoms with Gasteiger partial charge in [0.25, 0.3) is 34.1 Å². The molecule has 0 saturated carbocycles. The maximum absolute atomic E-state index is 13.2. The van der Waals surface area contributed by atoms with Crippen LogP contribution in [-0.2, 0) is 73.0 Å². The summed E-state index contributed by atoms with van der Waals surface area (Å²) in [7, 11) is 0. The van der Waals surface area contributed by atoms with Gasteiger partial charge in [0, 0.05) is 104 Å². The minimum Gasteiger partial charge on any atom is -0.481 e. The van der Waals surface area contributed by atoms with E-state index in [0.717, 1.165) is 101 Å². The minimum absolute atomic E-state index is 0. The number of anilines is 1. The molecule has 0 unspecified atom stereocenters. The highest BCUT2D eigenvalue weighted by Gasteiger charge is 2.46. The van der Waals surface area contributed by atoms with E-state index in [9.17, 15) is 113 Å². The van der Waals surface area contributed by atoms with Crippen molar-refractivity contribution >= 4 is 225 Å². The van der Waals surface area contributed by atoms with Crippen LogP contribution in [0, 0.1) is 6.92 Å². The van der Waals surface area contributed by atoms with Crippen molar-refractivity contribution in [2.24, 2.45) is 5.73 Å². The Balaban J connectivity index is 0.000000206. The summed E-state index contributed by atoms with van der Waals surface area (Å²) in [4.78, 5) is 136. The van der Waals surface area contributed by atoms with Gasteiger partial charge < -0.3 is 36.5 Å². The van der Waals surface area contributed by atoms with E-state index in [1.807, 2.05) is 30.5 Å². The predicted molar refractivity (Wildman–Crippen MR) is 512 cm³/mol. The van der Waals surface area contributed by atoms with Gasteiger partial charge in [-0.15, -0.1) is 69.1 Å². The number of aliphatic carboxylic acids is 1. The molecule has 5 aromatic carbocycles. The van der Waals surface area contributed by atoms with Crippen LogP contribution in [0.25, 0.3) is 96.5 Å². The number of carbonyl (C=O) groups excluding carboxylic acids is 5. The Kier molecular flexibility index (Phi) is 39.7. The molecule has 742 valence electrons. The molecule has 2 aliphatic heterocycles. The van der Waals surface area contributed by atoms with Gasteiger partial charge in [-0.05, 0) is 122 Å². The van der Waals surface area contributed by atoms with Crippen LogP contribution in [0.3, 0.4) is 0 Å². The number of amides is 2. The number of ether oxygens (including phenoxy) is 1. The van der Waals surface area contributed by atoms with E-state index in [1.165, 1.54) is 107 Å². The number of H-pyrrole nitrogens is 1. The first kappa shape index (κ1) is 114. The summed E-state index contributed by atoms with van der Waals surface area (Å²) in [5, 5.41) is 20.4. The number of hydrogen-bond acceptors (Lipinski definition) is 22. The van der Waals surface area contributed by atoms with E-state index in [2.05, 4.69) is 51.9 Å². The molecule has 2 amide bonds. The molecule has 11 heterocycles. The van der Waals surface area contributed by atoms with Crippen molar-refractivity contribution in [3.8, 4) is 55.6 Å². The lowest BCUT2D eigenvalue weighted by Gasteiger charge is -2.38. The first-order valence-electron chi connectivity index (χ1n) is 39.4. The third-order valence-corrected chi connectivity index (χ3v) is 25.9. The number of alkyl halides is 17. The van der Waals surface area contributed by atoms with Crippen LogP contribution in [0.4, 0.5) is 75.2 Å². The Morgan fingerprint density at radius 2 is 0.827 bits per heavy atom. The van der Waals surface area contributed by atoms with Crippen LogP contribution in [0.15, 0.2) is 162 Å². The summed E-state index contributed by atoms with van der Waals surface area (Å²) >= 11 is 37.6. The zero-order valence-corrected chi connectivity index (χ0v) is 81.8. The van der Waals surface area contributed by atoms with Crippen molar-refractivity contribution < 1.29 is 109 Å². The molecule has 52 heteroatoms. The van der Waals surface area contributed by atoms with Crippen molar-refractivity contribution in [3.63, 3.8) is 0 Å². The number of nitrogens with zero attached hydrogens (tertiary/aromatic N) is 8. The summed E-state index contributed by atoms with van der Waals surface area (Å²) < 4.78 is 214. The summed E-state index contributed by atoms with van der Waals surface area (Å²) in [5.74, 6) is -7.08. The Bertz CT molecular complexity index is 6920. The number of thiophene rings is 5. The van der Waals surface area contributed by atoms with Gasteiger partial charge in [-0.2, -0.15) is 52.7 Å². The zero-order chi connectivity index (χ0) is 102. The van der Waals surface area contributed by atoms with Crippen LogP contribution in [0.1, 0.15) is 84.6 Å². The monoisotopic (exact) mass is 2230 g/mol. The number of nitrogens with two attached hydrogens (primary N) is 2. The number of aryl methyl sites for hydroxylation is 4. The van der Waals surface area contributed by atoms with E-state index in [1.54, 1.807) is 30.0 Å². The van der Waals surface area contributed by atoms with E-state index in [4.69, 9.17) is 78.4 Å². The molecule has 16 rings (SSSR count). The molecule has 139 heavy (non-hydrogen) atoms. The molecule has 7 N–H and O–H groups in total. The van der Waals surface area contributed by atoms with Crippen molar-refractivity contribution in [2.45, 2.75) is 110 Å². The summed E-state index contributed by atoms with van der Waals surface area (Å²) in [5.41, 5.74) is 9.59. The van der Waals surface area contributed by atoms with Crippen LogP contribution in [0.5, 0.6) is 0 Å². The Morgan fingerprint density at radius 3 is 1.13 bits per heavy atom. The number of ketones is 2. The van der Waals surface area contributed by atoms with E-state index in [0.29, 0.717) is 64.6 Å².